The van der Waals surface area contributed by atoms with Crippen molar-refractivity contribution in [3.8, 4) is 0 Å². The van der Waals surface area contributed by atoms with E-state index in [0.29, 0.717) is 6.54 Å². The third kappa shape index (κ3) is 2.57. The van der Waals surface area contributed by atoms with Gasteiger partial charge in [0.25, 0.3) is 0 Å². The molecule has 1 saturated heterocycles. The van der Waals surface area contributed by atoms with Crippen molar-refractivity contribution < 1.29 is 17.2 Å². The highest BCUT2D eigenvalue weighted by Crippen LogP contribution is 2.28. The summed E-state index contributed by atoms with van der Waals surface area (Å²) in [5.41, 5.74) is 4.89. The molecule has 112 valence electrons. The zero-order valence-electron chi connectivity index (χ0n) is 11.3. The van der Waals surface area contributed by atoms with E-state index in [2.05, 4.69) is 0 Å². The Bertz CT molecular complexity index is 605. The van der Waals surface area contributed by atoms with Crippen molar-refractivity contribution in [3.05, 3.63) is 29.3 Å². The third-order valence-electron chi connectivity index (χ3n) is 3.68. The van der Waals surface area contributed by atoms with Gasteiger partial charge in [0.2, 0.25) is 10.0 Å². The van der Waals surface area contributed by atoms with Gasteiger partial charge in [0.15, 0.2) is 5.82 Å². The van der Waals surface area contributed by atoms with Crippen LogP contribution in [0, 0.1) is 11.6 Å². The van der Waals surface area contributed by atoms with E-state index < -0.39 is 32.1 Å². The van der Waals surface area contributed by atoms with Crippen molar-refractivity contribution in [1.29, 1.82) is 0 Å². The van der Waals surface area contributed by atoms with E-state index in [1.54, 1.807) is 6.92 Å². The molecule has 0 saturated carbocycles. The van der Waals surface area contributed by atoms with Crippen LogP contribution in [0.3, 0.4) is 0 Å². The fraction of sp³-hybridized carbons (Fsp3) is 0.538. The summed E-state index contributed by atoms with van der Waals surface area (Å²) in [5.74, 6) is -1.90. The van der Waals surface area contributed by atoms with E-state index in [4.69, 9.17) is 5.73 Å². The Morgan fingerprint density at radius 2 is 2.05 bits per heavy atom. The van der Waals surface area contributed by atoms with Crippen molar-refractivity contribution in [1.82, 2.24) is 4.31 Å². The Hall–Kier alpha value is -1.05. The molecule has 0 spiro atoms. The lowest BCUT2D eigenvalue weighted by Crippen LogP contribution is -2.42. The molecule has 0 aromatic heterocycles. The normalized spacial score (nSPS) is 21.1. The molecule has 4 nitrogen and oxygen atoms in total. The molecule has 0 aliphatic carbocycles. The second kappa shape index (κ2) is 5.75. The maximum atomic E-state index is 14.2. The first kappa shape index (κ1) is 15.3. The van der Waals surface area contributed by atoms with E-state index in [1.807, 2.05) is 0 Å². The quantitative estimate of drug-likeness (QED) is 0.929. The Balaban J connectivity index is 2.49. The highest BCUT2D eigenvalue weighted by Gasteiger charge is 2.33. The lowest BCUT2D eigenvalue weighted by atomic mass is 10.1. The summed E-state index contributed by atoms with van der Waals surface area (Å²) in [4.78, 5) is -0.492. The number of piperidine rings is 1. The van der Waals surface area contributed by atoms with Crippen LogP contribution < -0.4 is 5.73 Å². The zero-order valence-corrected chi connectivity index (χ0v) is 12.1. The van der Waals surface area contributed by atoms with E-state index >= 15 is 0 Å². The highest BCUT2D eigenvalue weighted by molar-refractivity contribution is 7.89. The number of hydrogen-bond acceptors (Lipinski definition) is 3. The lowest BCUT2D eigenvalue weighted by Gasteiger charge is -2.32. The summed E-state index contributed by atoms with van der Waals surface area (Å²) in [6.45, 7) is 1.77. The van der Waals surface area contributed by atoms with Crippen LogP contribution in [0.4, 0.5) is 8.78 Å². The number of halogens is 2. The number of benzene rings is 1. The summed E-state index contributed by atoms with van der Waals surface area (Å²) in [6.07, 6.45) is 2.44. The molecule has 0 bridgehead atoms. The van der Waals surface area contributed by atoms with E-state index in [0.717, 1.165) is 31.4 Å². The molecule has 1 atom stereocenters. The van der Waals surface area contributed by atoms with Crippen LogP contribution in [0.15, 0.2) is 17.0 Å². The predicted octanol–water partition coefficient (Wildman–Crippen LogP) is 1.99. The molecule has 1 aromatic rings. The van der Waals surface area contributed by atoms with Crippen LogP contribution >= 0.6 is 0 Å². The first-order valence-corrected chi connectivity index (χ1v) is 8.02. The first-order chi connectivity index (χ1) is 9.39. The van der Waals surface area contributed by atoms with Crippen molar-refractivity contribution in [2.24, 2.45) is 5.73 Å². The van der Waals surface area contributed by atoms with Crippen molar-refractivity contribution >= 4 is 10.0 Å². The van der Waals surface area contributed by atoms with Gasteiger partial charge in [-0.3, -0.25) is 0 Å². The molecule has 0 radical (unpaired) electrons. The van der Waals surface area contributed by atoms with Gasteiger partial charge in [0.05, 0.1) is 0 Å². The van der Waals surface area contributed by atoms with Crippen molar-refractivity contribution in [2.45, 2.75) is 43.7 Å². The van der Waals surface area contributed by atoms with Crippen LogP contribution in [-0.2, 0) is 16.6 Å². The van der Waals surface area contributed by atoms with Gasteiger partial charge in [-0.05, 0) is 31.9 Å². The largest absolute Gasteiger partial charge is 0.326 e. The fourth-order valence-electron chi connectivity index (χ4n) is 2.52. The summed E-state index contributed by atoms with van der Waals surface area (Å²) < 4.78 is 53.9. The minimum Gasteiger partial charge on any atom is -0.326 e. The number of nitrogens with zero attached hydrogens (tertiary/aromatic N) is 1. The van der Waals surface area contributed by atoms with Crippen LogP contribution in [-0.4, -0.2) is 25.3 Å². The van der Waals surface area contributed by atoms with Gasteiger partial charge < -0.3 is 5.73 Å². The smallest absolute Gasteiger partial charge is 0.246 e. The standard InChI is InChI=1S/C13H18F2N2O2S/c1-9-4-2-3-7-17(9)20(18,19)12-6-5-11(14)10(8-16)13(12)15/h5-6,9H,2-4,7-8,16H2,1H3. The van der Waals surface area contributed by atoms with Gasteiger partial charge in [-0.1, -0.05) is 6.42 Å². The molecule has 1 aromatic carbocycles. The minimum absolute atomic E-state index is 0.181. The fourth-order valence-corrected chi connectivity index (χ4v) is 4.31. The average Bonchev–Trinajstić information content (AvgIpc) is 2.39. The summed E-state index contributed by atoms with van der Waals surface area (Å²) in [6, 6.07) is 1.74. The zero-order chi connectivity index (χ0) is 14.9. The van der Waals surface area contributed by atoms with E-state index in [9.17, 15) is 17.2 Å². The topological polar surface area (TPSA) is 63.4 Å². The molecule has 1 aliphatic rings. The third-order valence-corrected chi connectivity index (χ3v) is 5.71. The molecule has 1 unspecified atom stereocenters. The Morgan fingerprint density at radius 1 is 1.35 bits per heavy atom. The molecule has 20 heavy (non-hydrogen) atoms. The SMILES string of the molecule is CC1CCCCN1S(=O)(=O)c1ccc(F)c(CN)c1F. The highest BCUT2D eigenvalue weighted by atomic mass is 32.2. The number of rotatable bonds is 3. The lowest BCUT2D eigenvalue weighted by molar-refractivity contribution is 0.267. The summed E-state index contributed by atoms with van der Waals surface area (Å²) in [7, 11) is -3.96. The van der Waals surface area contributed by atoms with Crippen LogP contribution in [0.1, 0.15) is 31.7 Å². The molecule has 2 N–H and O–H groups in total. The van der Waals surface area contributed by atoms with Gasteiger partial charge in [0, 0.05) is 24.7 Å². The maximum Gasteiger partial charge on any atom is 0.246 e. The second-order valence-corrected chi connectivity index (χ2v) is 6.86. The second-order valence-electron chi connectivity index (χ2n) is 5.00. The Labute approximate surface area is 117 Å². The van der Waals surface area contributed by atoms with Crippen LogP contribution in [0.25, 0.3) is 0 Å². The first-order valence-electron chi connectivity index (χ1n) is 6.58. The molecule has 7 heteroatoms. The van der Waals surface area contributed by atoms with Gasteiger partial charge in [-0.15, -0.1) is 0 Å². The van der Waals surface area contributed by atoms with Gasteiger partial charge >= 0.3 is 0 Å². The predicted molar refractivity (Wildman–Crippen MR) is 71.5 cm³/mol. The Kier molecular flexibility index (Phi) is 4.41. The van der Waals surface area contributed by atoms with Crippen LogP contribution in [0.2, 0.25) is 0 Å². The van der Waals surface area contributed by atoms with Crippen molar-refractivity contribution in [2.75, 3.05) is 6.54 Å². The molecular formula is C13H18F2N2O2S. The molecule has 1 aliphatic heterocycles. The Morgan fingerprint density at radius 3 is 2.65 bits per heavy atom. The molecule has 0 amide bonds. The number of hydrogen-bond donors (Lipinski definition) is 1. The molecule has 2 rings (SSSR count). The van der Waals surface area contributed by atoms with Gasteiger partial charge in [-0.25, -0.2) is 17.2 Å². The van der Waals surface area contributed by atoms with E-state index in [-0.39, 0.29) is 12.6 Å². The van der Waals surface area contributed by atoms with Crippen LogP contribution in [0.5, 0.6) is 0 Å². The van der Waals surface area contributed by atoms with Gasteiger partial charge in [0.1, 0.15) is 10.7 Å². The minimum atomic E-state index is -3.96. The summed E-state index contributed by atoms with van der Waals surface area (Å²) >= 11 is 0. The maximum absolute atomic E-state index is 14.2. The average molecular weight is 304 g/mol. The molecule has 1 heterocycles. The molecule has 1 fully saturated rings. The monoisotopic (exact) mass is 304 g/mol. The van der Waals surface area contributed by atoms with Crippen molar-refractivity contribution in [3.63, 3.8) is 0 Å². The summed E-state index contributed by atoms with van der Waals surface area (Å²) in [5, 5.41) is 0. The van der Waals surface area contributed by atoms with E-state index in [1.165, 1.54) is 4.31 Å². The number of sulfonamides is 1. The number of nitrogens with two attached hydrogens (primary N) is 1. The van der Waals surface area contributed by atoms with Gasteiger partial charge in [-0.2, -0.15) is 4.31 Å². The molecular weight excluding hydrogens is 286 g/mol.